The lowest BCUT2D eigenvalue weighted by Crippen LogP contribution is -2.12. The highest BCUT2D eigenvalue weighted by Gasteiger charge is 2.12. The number of aromatic amines is 2. The molecule has 0 unspecified atom stereocenters. The van der Waals surface area contributed by atoms with Gasteiger partial charge in [-0.1, -0.05) is 0 Å². The van der Waals surface area contributed by atoms with Crippen LogP contribution in [-0.4, -0.2) is 23.0 Å². The topological polar surface area (TPSA) is 87.0 Å². The Morgan fingerprint density at radius 2 is 1.87 bits per heavy atom. The quantitative estimate of drug-likeness (QED) is 0.656. The molecule has 0 saturated heterocycles. The number of nitrogens with one attached hydrogen (secondary N) is 3. The van der Waals surface area contributed by atoms with E-state index in [1.165, 1.54) is 0 Å². The zero-order valence-electron chi connectivity index (χ0n) is 12.5. The molecule has 0 atom stereocenters. The second-order valence-electron chi connectivity index (χ2n) is 5.10. The van der Waals surface area contributed by atoms with Crippen LogP contribution >= 0.6 is 15.9 Å². The van der Waals surface area contributed by atoms with Gasteiger partial charge in [0, 0.05) is 11.3 Å². The SMILES string of the molecule is COc1ccc(C(=O)Nc2cc3[nH]c(=O)[nH]c3cc2C)cc1Br. The smallest absolute Gasteiger partial charge is 0.323 e. The third-order valence-corrected chi connectivity index (χ3v) is 4.14. The molecule has 0 spiro atoms. The minimum atomic E-state index is -0.276. The number of imidazole rings is 1. The van der Waals surface area contributed by atoms with E-state index in [0.717, 1.165) is 5.56 Å². The van der Waals surface area contributed by atoms with Gasteiger partial charge >= 0.3 is 5.69 Å². The van der Waals surface area contributed by atoms with Gasteiger partial charge in [-0.15, -0.1) is 0 Å². The Kier molecular flexibility index (Phi) is 3.96. The third kappa shape index (κ3) is 3.00. The van der Waals surface area contributed by atoms with Gasteiger partial charge in [-0.3, -0.25) is 4.79 Å². The van der Waals surface area contributed by atoms with Crippen molar-refractivity contribution in [1.29, 1.82) is 0 Å². The zero-order valence-corrected chi connectivity index (χ0v) is 14.1. The number of benzene rings is 2. The van der Waals surface area contributed by atoms with Crippen molar-refractivity contribution in [2.24, 2.45) is 0 Å². The Balaban J connectivity index is 1.91. The van der Waals surface area contributed by atoms with Crippen LogP contribution in [0.25, 0.3) is 11.0 Å². The lowest BCUT2D eigenvalue weighted by atomic mass is 10.1. The predicted octanol–water partition coefficient (Wildman–Crippen LogP) is 3.19. The first-order valence-corrected chi connectivity index (χ1v) is 7.65. The van der Waals surface area contributed by atoms with Crippen LogP contribution in [0, 0.1) is 6.92 Å². The molecule has 0 bridgehead atoms. The van der Waals surface area contributed by atoms with Gasteiger partial charge < -0.3 is 20.0 Å². The molecule has 1 aromatic heterocycles. The van der Waals surface area contributed by atoms with E-state index >= 15 is 0 Å². The van der Waals surface area contributed by atoms with Crippen molar-refractivity contribution in [2.45, 2.75) is 6.92 Å². The van der Waals surface area contributed by atoms with E-state index < -0.39 is 0 Å². The van der Waals surface area contributed by atoms with E-state index in [4.69, 9.17) is 4.74 Å². The van der Waals surface area contributed by atoms with Crippen molar-refractivity contribution in [3.8, 4) is 5.75 Å². The lowest BCUT2D eigenvalue weighted by Gasteiger charge is -2.10. The monoisotopic (exact) mass is 375 g/mol. The van der Waals surface area contributed by atoms with Crippen LogP contribution in [0.4, 0.5) is 5.69 Å². The number of methoxy groups -OCH3 is 1. The Morgan fingerprint density at radius 3 is 2.52 bits per heavy atom. The molecule has 0 aliphatic rings. The number of halogens is 1. The first-order valence-electron chi connectivity index (χ1n) is 6.85. The number of aryl methyl sites for hydroxylation is 1. The molecular weight excluding hydrogens is 362 g/mol. The Hall–Kier alpha value is -2.54. The minimum Gasteiger partial charge on any atom is -0.496 e. The summed E-state index contributed by atoms with van der Waals surface area (Å²) in [7, 11) is 1.57. The molecule has 3 rings (SSSR count). The zero-order chi connectivity index (χ0) is 16.6. The van der Waals surface area contributed by atoms with E-state index in [1.807, 2.05) is 13.0 Å². The van der Waals surface area contributed by atoms with E-state index in [9.17, 15) is 9.59 Å². The molecule has 2 aromatic carbocycles. The molecule has 23 heavy (non-hydrogen) atoms. The molecule has 0 aliphatic carbocycles. The second-order valence-corrected chi connectivity index (χ2v) is 5.95. The van der Waals surface area contributed by atoms with E-state index in [0.29, 0.717) is 32.5 Å². The fourth-order valence-electron chi connectivity index (χ4n) is 2.33. The molecule has 6 nitrogen and oxygen atoms in total. The number of hydrogen-bond acceptors (Lipinski definition) is 3. The summed E-state index contributed by atoms with van der Waals surface area (Å²) in [5, 5.41) is 2.86. The van der Waals surface area contributed by atoms with Gasteiger partial charge in [-0.05, 0) is 58.7 Å². The number of rotatable bonds is 3. The Bertz CT molecular complexity index is 959. The third-order valence-electron chi connectivity index (χ3n) is 3.52. The van der Waals surface area contributed by atoms with Crippen LogP contribution < -0.4 is 15.7 Å². The molecule has 118 valence electrons. The number of H-pyrrole nitrogens is 2. The van der Waals surface area contributed by atoms with Crippen LogP contribution in [0.5, 0.6) is 5.75 Å². The number of ether oxygens (including phenoxy) is 1. The number of carbonyl (C=O) groups is 1. The normalized spacial score (nSPS) is 10.7. The summed E-state index contributed by atoms with van der Waals surface area (Å²) in [5.41, 5.74) is 3.07. The van der Waals surface area contributed by atoms with Crippen molar-refractivity contribution in [2.75, 3.05) is 12.4 Å². The molecule has 0 aliphatic heterocycles. The fraction of sp³-hybridized carbons (Fsp3) is 0.125. The molecule has 1 amide bonds. The molecule has 3 aromatic rings. The van der Waals surface area contributed by atoms with Crippen molar-refractivity contribution in [3.63, 3.8) is 0 Å². The van der Waals surface area contributed by atoms with Crippen molar-refractivity contribution >= 4 is 38.6 Å². The average molecular weight is 376 g/mol. The van der Waals surface area contributed by atoms with Crippen LogP contribution in [0.1, 0.15) is 15.9 Å². The number of hydrogen-bond donors (Lipinski definition) is 3. The molecule has 3 N–H and O–H groups in total. The van der Waals surface area contributed by atoms with E-state index in [1.54, 1.807) is 31.4 Å². The molecular formula is C16H14BrN3O3. The van der Waals surface area contributed by atoms with E-state index in [2.05, 4.69) is 31.2 Å². The van der Waals surface area contributed by atoms with Crippen LogP contribution in [-0.2, 0) is 0 Å². The first-order chi connectivity index (χ1) is 11.0. The Labute approximate surface area is 140 Å². The number of fused-ring (bicyclic) bond motifs is 1. The van der Waals surface area contributed by atoms with E-state index in [-0.39, 0.29) is 11.6 Å². The number of aromatic nitrogens is 2. The number of amides is 1. The summed E-state index contributed by atoms with van der Waals surface area (Å²) >= 11 is 3.36. The molecule has 1 heterocycles. The summed E-state index contributed by atoms with van der Waals surface area (Å²) in [5.74, 6) is 0.415. The second kappa shape index (κ2) is 5.92. The minimum absolute atomic E-state index is 0.242. The summed E-state index contributed by atoms with van der Waals surface area (Å²) in [6, 6.07) is 8.65. The van der Waals surface area contributed by atoms with Crippen LogP contribution in [0.15, 0.2) is 39.6 Å². The van der Waals surface area contributed by atoms with Gasteiger partial charge in [-0.2, -0.15) is 0 Å². The van der Waals surface area contributed by atoms with Crippen LogP contribution in [0.2, 0.25) is 0 Å². The number of anilines is 1. The maximum atomic E-state index is 12.4. The highest BCUT2D eigenvalue weighted by atomic mass is 79.9. The molecule has 7 heteroatoms. The first kappa shape index (κ1) is 15.4. The average Bonchev–Trinajstić information content (AvgIpc) is 2.86. The summed E-state index contributed by atoms with van der Waals surface area (Å²) in [6.07, 6.45) is 0. The van der Waals surface area contributed by atoms with Gasteiger partial charge in [0.25, 0.3) is 5.91 Å². The summed E-state index contributed by atoms with van der Waals surface area (Å²) < 4.78 is 5.86. The largest absolute Gasteiger partial charge is 0.496 e. The lowest BCUT2D eigenvalue weighted by molar-refractivity contribution is 0.102. The predicted molar refractivity (Wildman–Crippen MR) is 92.3 cm³/mol. The van der Waals surface area contributed by atoms with Crippen LogP contribution in [0.3, 0.4) is 0 Å². The molecule has 0 radical (unpaired) electrons. The van der Waals surface area contributed by atoms with Gasteiger partial charge in [0.2, 0.25) is 0 Å². The Morgan fingerprint density at radius 1 is 1.17 bits per heavy atom. The van der Waals surface area contributed by atoms with Gasteiger partial charge in [0.1, 0.15) is 5.75 Å². The van der Waals surface area contributed by atoms with Gasteiger partial charge in [0.05, 0.1) is 22.6 Å². The maximum Gasteiger partial charge on any atom is 0.323 e. The standard InChI is InChI=1S/C16H14BrN3O3/c1-8-5-12-13(20-16(22)19-12)7-11(8)18-15(21)9-3-4-14(23-2)10(17)6-9/h3-7H,1-2H3,(H,18,21)(H2,19,20,22). The summed E-state index contributed by atoms with van der Waals surface area (Å²) in [6.45, 7) is 1.87. The van der Waals surface area contributed by atoms with Crippen molar-refractivity contribution in [1.82, 2.24) is 9.97 Å². The van der Waals surface area contributed by atoms with Crippen molar-refractivity contribution < 1.29 is 9.53 Å². The maximum absolute atomic E-state index is 12.4. The fourth-order valence-corrected chi connectivity index (χ4v) is 2.87. The van der Waals surface area contributed by atoms with Gasteiger partial charge in [0.15, 0.2) is 0 Å². The molecule has 0 saturated carbocycles. The highest BCUT2D eigenvalue weighted by molar-refractivity contribution is 9.10. The van der Waals surface area contributed by atoms with Crippen molar-refractivity contribution in [3.05, 3.63) is 56.4 Å². The summed E-state index contributed by atoms with van der Waals surface area (Å²) in [4.78, 5) is 29.1. The highest BCUT2D eigenvalue weighted by Crippen LogP contribution is 2.26. The molecule has 0 fully saturated rings. The number of carbonyl (C=O) groups excluding carboxylic acids is 1. The van der Waals surface area contributed by atoms with Gasteiger partial charge in [-0.25, -0.2) is 4.79 Å².